The molecule has 0 unspecified atom stereocenters. The number of nitrogens with two attached hydrogens (primary N) is 1. The normalized spacial score (nSPS) is 15.1. The molecular formula is C49H43IN4S. The number of hydrogen-bond donors (Lipinski definition) is 2. The van der Waals surface area contributed by atoms with Crippen molar-refractivity contribution in [1.29, 1.82) is 5.41 Å². The largest absolute Gasteiger partial charge is 0.405 e. The van der Waals surface area contributed by atoms with Crippen molar-refractivity contribution in [3.63, 3.8) is 0 Å². The van der Waals surface area contributed by atoms with E-state index in [9.17, 15) is 0 Å². The van der Waals surface area contributed by atoms with E-state index in [2.05, 4.69) is 179 Å². The maximum absolute atomic E-state index is 7.97. The van der Waals surface area contributed by atoms with Gasteiger partial charge in [0.25, 0.3) is 0 Å². The molecule has 0 radical (unpaired) electrons. The minimum Gasteiger partial charge on any atom is -0.405 e. The van der Waals surface area contributed by atoms with Gasteiger partial charge in [-0.1, -0.05) is 102 Å². The Bertz CT molecular complexity index is 2620. The van der Waals surface area contributed by atoms with Crippen molar-refractivity contribution in [1.82, 2.24) is 4.57 Å². The fraction of sp³-hybridized carbons (Fsp3) is 0.0816. The average Bonchev–Trinajstić information content (AvgIpc) is 3.54. The lowest BCUT2D eigenvalue weighted by Crippen LogP contribution is -2.17. The van der Waals surface area contributed by atoms with Gasteiger partial charge in [-0.25, -0.2) is 0 Å². The lowest BCUT2D eigenvalue weighted by Gasteiger charge is -2.28. The SMILES string of the molecule is C=C/C(=C\C=N)N1/C=C\C(c2ccccc2)=C/C(=C)c2cc(CCC)c(-c3ccc4c5cc(-c6cccc(SI)c6)ccc5n(C(/C=C\N)=C/C)c4c3)cc21. The second kappa shape index (κ2) is 16.8. The predicted octanol–water partition coefficient (Wildman–Crippen LogP) is 14.0. The molecule has 0 fully saturated rings. The van der Waals surface area contributed by atoms with Crippen LogP contribution >= 0.6 is 30.1 Å². The van der Waals surface area contributed by atoms with Crippen LogP contribution in [-0.2, 0) is 6.42 Å². The first-order valence-electron chi connectivity index (χ1n) is 18.4. The van der Waals surface area contributed by atoms with E-state index in [1.807, 2.05) is 12.1 Å². The van der Waals surface area contributed by atoms with Crippen molar-refractivity contribution in [2.75, 3.05) is 4.90 Å². The summed E-state index contributed by atoms with van der Waals surface area (Å²) in [6, 6.07) is 37.3. The second-order valence-electron chi connectivity index (χ2n) is 13.4. The smallest absolute Gasteiger partial charge is 0.0547 e. The van der Waals surface area contributed by atoms with Crippen LogP contribution in [0.15, 0.2) is 176 Å². The van der Waals surface area contributed by atoms with Crippen LogP contribution in [0.25, 0.3) is 60.9 Å². The van der Waals surface area contributed by atoms with Crippen molar-refractivity contribution < 1.29 is 0 Å². The lowest BCUT2D eigenvalue weighted by atomic mass is 9.89. The molecule has 1 aliphatic rings. The van der Waals surface area contributed by atoms with Crippen molar-refractivity contribution in [2.24, 2.45) is 5.73 Å². The Balaban J connectivity index is 1.47. The van der Waals surface area contributed by atoms with Gasteiger partial charge in [-0.15, -0.1) is 0 Å². The molecule has 0 saturated heterocycles. The summed E-state index contributed by atoms with van der Waals surface area (Å²) >= 11 is 2.34. The summed E-state index contributed by atoms with van der Waals surface area (Å²) in [6.45, 7) is 13.0. The van der Waals surface area contributed by atoms with Crippen molar-refractivity contribution in [3.05, 3.63) is 188 Å². The highest BCUT2D eigenvalue weighted by molar-refractivity contribution is 14.2. The highest BCUT2D eigenvalue weighted by Crippen LogP contribution is 2.43. The first kappa shape index (κ1) is 37.7. The van der Waals surface area contributed by atoms with E-state index in [1.165, 1.54) is 38.6 Å². The lowest BCUT2D eigenvalue weighted by molar-refractivity contribution is 0.922. The standard InChI is InChI=1S/C49H43IN4S/c1-5-12-38-30-44-33(4)27-37(34-13-9-8-10-14-34)23-26-53(40(6-2)21-24-51)48(44)32-45(38)39-17-19-43-46-29-36(35-15-11-16-42(28-35)55-50)18-20-47(46)54(49(43)31-39)41(7-3)22-25-52/h6-11,13-32,51H,2,4-5,12,52H2,1,3H3/b25-22-,26-23-,37-27+,40-21+,41-7+,51-24?. The molecule has 0 spiro atoms. The van der Waals surface area contributed by atoms with Gasteiger partial charge in [0.2, 0.25) is 0 Å². The summed E-state index contributed by atoms with van der Waals surface area (Å²) in [5.41, 5.74) is 21.1. The topological polar surface area (TPSA) is 58.0 Å². The summed E-state index contributed by atoms with van der Waals surface area (Å²) in [5, 5.41) is 10.3. The summed E-state index contributed by atoms with van der Waals surface area (Å²) in [4.78, 5) is 3.35. The Morgan fingerprint density at radius 3 is 2.35 bits per heavy atom. The molecule has 3 N–H and O–H groups in total. The van der Waals surface area contributed by atoms with Gasteiger partial charge >= 0.3 is 0 Å². The Hall–Kier alpha value is -5.57. The summed E-state index contributed by atoms with van der Waals surface area (Å²) in [7, 11) is 1.73. The molecule has 7 rings (SSSR count). The number of nitrogens with zero attached hydrogens (tertiary/aromatic N) is 2. The van der Waals surface area contributed by atoms with Gasteiger partial charge in [0, 0.05) is 66.2 Å². The number of aryl methyl sites for hydroxylation is 1. The Morgan fingerprint density at radius 1 is 0.836 bits per heavy atom. The number of fused-ring (bicyclic) bond motifs is 4. The zero-order chi connectivity index (χ0) is 38.5. The van der Waals surface area contributed by atoms with Crippen LogP contribution in [0.5, 0.6) is 0 Å². The summed E-state index contributed by atoms with van der Waals surface area (Å²) < 4.78 is 2.32. The first-order valence-corrected chi connectivity index (χ1v) is 21.7. The molecular weight excluding hydrogens is 804 g/mol. The monoisotopic (exact) mass is 846 g/mol. The number of benzene rings is 5. The molecule has 2 heterocycles. The van der Waals surface area contributed by atoms with Crippen molar-refractivity contribution >= 4 is 80.7 Å². The highest BCUT2D eigenvalue weighted by Gasteiger charge is 2.22. The van der Waals surface area contributed by atoms with Gasteiger partial charge in [-0.3, -0.25) is 0 Å². The minimum atomic E-state index is 0.795. The highest BCUT2D eigenvalue weighted by atomic mass is 127. The van der Waals surface area contributed by atoms with Gasteiger partial charge in [0.05, 0.1) is 16.7 Å². The number of aromatic nitrogens is 1. The van der Waals surface area contributed by atoms with Gasteiger partial charge in [-0.2, -0.15) is 0 Å². The van der Waals surface area contributed by atoms with Crippen LogP contribution in [0.3, 0.4) is 0 Å². The van der Waals surface area contributed by atoms with E-state index in [1.54, 1.807) is 27.3 Å². The molecule has 0 aliphatic carbocycles. The number of hydrogen-bond acceptors (Lipinski definition) is 4. The van der Waals surface area contributed by atoms with E-state index >= 15 is 0 Å². The Kier molecular flexibility index (Phi) is 11.6. The molecule has 272 valence electrons. The third kappa shape index (κ3) is 7.44. The molecule has 0 atom stereocenters. The Morgan fingerprint density at radius 2 is 1.62 bits per heavy atom. The van der Waals surface area contributed by atoms with Crippen LogP contribution in [0.2, 0.25) is 0 Å². The molecule has 0 bridgehead atoms. The molecule has 0 saturated carbocycles. The van der Waals surface area contributed by atoms with E-state index in [-0.39, 0.29) is 0 Å². The minimum absolute atomic E-state index is 0.795. The third-order valence-corrected chi connectivity index (χ3v) is 12.0. The van der Waals surface area contributed by atoms with Gasteiger partial charge < -0.3 is 20.6 Å². The molecule has 5 aromatic carbocycles. The first-order chi connectivity index (χ1) is 26.9. The molecule has 6 heteroatoms. The van der Waals surface area contributed by atoms with E-state index in [0.717, 1.165) is 74.4 Å². The van der Waals surface area contributed by atoms with Crippen LogP contribution in [0.4, 0.5) is 5.69 Å². The van der Waals surface area contributed by atoms with E-state index < -0.39 is 0 Å². The maximum atomic E-state index is 7.97. The third-order valence-electron chi connectivity index (χ3n) is 10.1. The Labute approximate surface area is 340 Å². The van der Waals surface area contributed by atoms with Crippen molar-refractivity contribution in [3.8, 4) is 22.3 Å². The van der Waals surface area contributed by atoms with E-state index in [0.29, 0.717) is 0 Å². The number of halogens is 1. The number of nitrogens with one attached hydrogen (secondary N) is 1. The number of rotatable bonds is 11. The van der Waals surface area contributed by atoms with Gasteiger partial charge in [0.1, 0.15) is 0 Å². The maximum Gasteiger partial charge on any atom is 0.0547 e. The van der Waals surface area contributed by atoms with Crippen molar-refractivity contribution in [2.45, 2.75) is 31.6 Å². The fourth-order valence-corrected chi connectivity index (χ4v) is 8.64. The number of allylic oxidation sites excluding steroid dienone is 9. The predicted molar refractivity (Wildman–Crippen MR) is 250 cm³/mol. The van der Waals surface area contributed by atoms with Gasteiger partial charge in [-0.05, 0) is 137 Å². The molecule has 4 nitrogen and oxygen atoms in total. The second-order valence-corrected chi connectivity index (χ2v) is 15.3. The summed E-state index contributed by atoms with van der Waals surface area (Å²) in [5.74, 6) is 0. The number of anilines is 1. The molecule has 1 aliphatic heterocycles. The van der Waals surface area contributed by atoms with E-state index in [4.69, 9.17) is 11.1 Å². The molecule has 0 amide bonds. The summed E-state index contributed by atoms with van der Waals surface area (Å²) in [6.07, 6.45) is 18.8. The molecule has 6 aromatic rings. The average molecular weight is 847 g/mol. The van der Waals surface area contributed by atoms with Crippen LogP contribution < -0.4 is 10.6 Å². The van der Waals surface area contributed by atoms with Gasteiger partial charge in [0.15, 0.2) is 0 Å². The van der Waals surface area contributed by atoms with Crippen LogP contribution in [-0.4, -0.2) is 10.8 Å². The fourth-order valence-electron chi connectivity index (χ4n) is 7.52. The molecule has 1 aromatic heterocycles. The van der Waals surface area contributed by atoms with Crippen LogP contribution in [0.1, 0.15) is 37.0 Å². The quantitative estimate of drug-likeness (QED) is 0.0776. The zero-order valence-corrected chi connectivity index (χ0v) is 34.1. The van der Waals surface area contributed by atoms with Crippen LogP contribution in [0, 0.1) is 5.41 Å². The molecule has 55 heavy (non-hydrogen) atoms. The zero-order valence-electron chi connectivity index (χ0n) is 31.1.